The van der Waals surface area contributed by atoms with Gasteiger partial charge in [0.25, 0.3) is 5.91 Å². The maximum absolute atomic E-state index is 12.9. The number of hydrogen-bond acceptors (Lipinski definition) is 5. The number of esters is 1. The van der Waals surface area contributed by atoms with E-state index in [2.05, 4.69) is 16.6 Å². The molecule has 2 N–H and O–H groups in total. The zero-order valence-electron chi connectivity index (χ0n) is 16.1. The molecule has 29 heavy (non-hydrogen) atoms. The molecule has 1 unspecified atom stereocenters. The van der Waals surface area contributed by atoms with Crippen LogP contribution >= 0.6 is 0 Å². The normalized spacial score (nSPS) is 12.0. The number of sulfonamides is 1. The van der Waals surface area contributed by atoms with E-state index in [9.17, 15) is 18.0 Å². The van der Waals surface area contributed by atoms with Crippen molar-refractivity contribution < 1.29 is 22.7 Å². The van der Waals surface area contributed by atoms with Crippen LogP contribution in [0.3, 0.4) is 0 Å². The van der Waals surface area contributed by atoms with E-state index in [1.54, 1.807) is 31.2 Å². The third-order valence-corrected chi connectivity index (χ3v) is 5.43. The molecular weight excluding hydrogens is 392 g/mol. The highest BCUT2D eigenvalue weighted by Crippen LogP contribution is 2.14. The number of amides is 1. The molecule has 8 heteroatoms. The van der Waals surface area contributed by atoms with Gasteiger partial charge in [-0.25, -0.2) is 8.42 Å². The van der Waals surface area contributed by atoms with Crippen LogP contribution in [0, 0.1) is 0 Å². The zero-order valence-corrected chi connectivity index (χ0v) is 16.9. The number of hydrogen-bond donors (Lipinski definition) is 2. The lowest BCUT2D eigenvalue weighted by atomic mass is 10.1. The molecule has 0 aliphatic heterocycles. The molecule has 0 radical (unpaired) electrons. The summed E-state index contributed by atoms with van der Waals surface area (Å²) in [6.45, 7) is 5.56. The van der Waals surface area contributed by atoms with E-state index in [0.717, 1.165) is 5.56 Å². The Balaban J connectivity index is 2.26. The van der Waals surface area contributed by atoms with Crippen LogP contribution in [0.25, 0.3) is 0 Å². The first-order valence-electron chi connectivity index (χ1n) is 9.09. The second-order valence-corrected chi connectivity index (χ2v) is 7.86. The van der Waals surface area contributed by atoms with Gasteiger partial charge in [-0.3, -0.25) is 9.59 Å². The highest BCUT2D eigenvalue weighted by Gasteiger charge is 2.27. The number of carbonyl (C=O) groups excluding carboxylic acids is 2. The molecule has 0 aromatic heterocycles. The lowest BCUT2D eigenvalue weighted by Crippen LogP contribution is -2.43. The first kappa shape index (κ1) is 22.3. The predicted molar refractivity (Wildman–Crippen MR) is 110 cm³/mol. The summed E-state index contributed by atoms with van der Waals surface area (Å²) in [6.07, 6.45) is 1.66. The molecule has 0 fully saturated rings. The highest BCUT2D eigenvalue weighted by atomic mass is 32.2. The topological polar surface area (TPSA) is 102 Å². The molecule has 2 rings (SSSR count). The summed E-state index contributed by atoms with van der Waals surface area (Å²) in [5.74, 6) is -1.09. The van der Waals surface area contributed by atoms with Crippen molar-refractivity contribution in [2.24, 2.45) is 0 Å². The zero-order chi connectivity index (χ0) is 21.3. The number of rotatable bonds is 10. The van der Waals surface area contributed by atoms with Gasteiger partial charge in [-0.1, -0.05) is 42.5 Å². The molecule has 1 amide bonds. The number of carbonyl (C=O) groups is 2. The third kappa shape index (κ3) is 6.55. The van der Waals surface area contributed by atoms with Gasteiger partial charge in [0.1, 0.15) is 6.04 Å². The molecule has 2 aromatic carbocycles. The summed E-state index contributed by atoms with van der Waals surface area (Å²) in [5, 5.41) is 2.59. The van der Waals surface area contributed by atoms with Crippen molar-refractivity contribution in [3.8, 4) is 0 Å². The Hall–Kier alpha value is -2.97. The van der Waals surface area contributed by atoms with Crippen molar-refractivity contribution in [2.45, 2.75) is 24.3 Å². The monoisotopic (exact) mass is 416 g/mol. The first-order chi connectivity index (χ1) is 13.9. The second-order valence-electron chi connectivity index (χ2n) is 6.14. The standard InChI is InChI=1S/C21H24N2O5S/c1-3-13-22-20(24)17-11-8-12-18(15-17)29(26,27)23-19(21(25)28-4-2)14-16-9-6-5-7-10-16/h3,5-12,15,19,23H,1,4,13-14H2,2H3,(H,22,24). The van der Waals surface area contributed by atoms with E-state index in [1.807, 2.05) is 6.07 Å². The molecule has 0 spiro atoms. The summed E-state index contributed by atoms with van der Waals surface area (Å²) in [6, 6.07) is 13.5. The Kier molecular flexibility index (Phi) is 8.11. The number of benzene rings is 2. The van der Waals surface area contributed by atoms with Crippen LogP contribution in [0.15, 0.2) is 72.1 Å². The Morgan fingerprint density at radius 3 is 2.52 bits per heavy atom. The Labute approximate surface area is 170 Å². The van der Waals surface area contributed by atoms with E-state index < -0.39 is 27.9 Å². The quantitative estimate of drug-likeness (QED) is 0.456. The molecule has 0 heterocycles. The fourth-order valence-corrected chi connectivity index (χ4v) is 3.82. The van der Waals surface area contributed by atoms with Gasteiger partial charge in [0.2, 0.25) is 10.0 Å². The summed E-state index contributed by atoms with van der Waals surface area (Å²) in [4.78, 5) is 24.3. The predicted octanol–water partition coefficient (Wildman–Crippen LogP) is 2.06. The smallest absolute Gasteiger partial charge is 0.324 e. The van der Waals surface area contributed by atoms with Gasteiger partial charge in [0.05, 0.1) is 11.5 Å². The average molecular weight is 416 g/mol. The Bertz CT molecular complexity index is 958. The van der Waals surface area contributed by atoms with E-state index >= 15 is 0 Å². The number of ether oxygens (including phenoxy) is 1. The third-order valence-electron chi connectivity index (χ3n) is 3.96. The fraction of sp³-hybridized carbons (Fsp3) is 0.238. The lowest BCUT2D eigenvalue weighted by Gasteiger charge is -2.18. The Morgan fingerprint density at radius 1 is 1.14 bits per heavy atom. The van der Waals surface area contributed by atoms with E-state index in [-0.39, 0.29) is 30.0 Å². The van der Waals surface area contributed by atoms with Gasteiger partial charge >= 0.3 is 5.97 Å². The second kappa shape index (κ2) is 10.5. The van der Waals surface area contributed by atoms with E-state index in [1.165, 1.54) is 30.3 Å². The first-order valence-corrected chi connectivity index (χ1v) is 10.6. The highest BCUT2D eigenvalue weighted by molar-refractivity contribution is 7.89. The minimum atomic E-state index is -4.07. The maximum Gasteiger partial charge on any atom is 0.324 e. The lowest BCUT2D eigenvalue weighted by molar-refractivity contribution is -0.145. The molecule has 0 aliphatic rings. The van der Waals surface area contributed by atoms with Crippen molar-refractivity contribution in [3.63, 3.8) is 0 Å². The molecule has 0 saturated carbocycles. The minimum Gasteiger partial charge on any atom is -0.465 e. The summed E-state index contributed by atoms with van der Waals surface area (Å²) < 4.78 is 33.2. The molecule has 0 bridgehead atoms. The van der Waals surface area contributed by atoms with Crippen molar-refractivity contribution in [3.05, 3.63) is 78.4 Å². The van der Waals surface area contributed by atoms with Gasteiger partial charge in [-0.15, -0.1) is 6.58 Å². The number of nitrogens with one attached hydrogen (secondary N) is 2. The van der Waals surface area contributed by atoms with Crippen LogP contribution in [0.1, 0.15) is 22.8 Å². The van der Waals surface area contributed by atoms with Crippen molar-refractivity contribution in [1.29, 1.82) is 0 Å². The van der Waals surface area contributed by atoms with Gasteiger partial charge in [0.15, 0.2) is 0 Å². The molecule has 2 aromatic rings. The largest absolute Gasteiger partial charge is 0.465 e. The maximum atomic E-state index is 12.9. The summed E-state index contributed by atoms with van der Waals surface area (Å²) >= 11 is 0. The molecule has 1 atom stereocenters. The van der Waals surface area contributed by atoms with Gasteiger partial charge in [-0.2, -0.15) is 4.72 Å². The molecule has 154 valence electrons. The van der Waals surface area contributed by atoms with Crippen molar-refractivity contribution >= 4 is 21.9 Å². The van der Waals surface area contributed by atoms with Crippen molar-refractivity contribution in [1.82, 2.24) is 10.0 Å². The van der Waals surface area contributed by atoms with Crippen LogP contribution < -0.4 is 10.0 Å². The van der Waals surface area contributed by atoms with Crippen LogP contribution in [0.4, 0.5) is 0 Å². The molecule has 0 saturated heterocycles. The van der Waals surface area contributed by atoms with E-state index in [4.69, 9.17) is 4.74 Å². The van der Waals surface area contributed by atoms with Crippen LogP contribution in [0.2, 0.25) is 0 Å². The van der Waals surface area contributed by atoms with Gasteiger partial charge < -0.3 is 10.1 Å². The minimum absolute atomic E-state index is 0.119. The molecule has 7 nitrogen and oxygen atoms in total. The molecular formula is C21H24N2O5S. The fourth-order valence-electron chi connectivity index (χ4n) is 2.59. The van der Waals surface area contributed by atoms with Crippen LogP contribution in [-0.4, -0.2) is 39.5 Å². The van der Waals surface area contributed by atoms with Crippen LogP contribution in [-0.2, 0) is 26.0 Å². The van der Waals surface area contributed by atoms with Gasteiger partial charge in [-0.05, 0) is 37.1 Å². The van der Waals surface area contributed by atoms with Crippen LogP contribution in [0.5, 0.6) is 0 Å². The summed E-state index contributed by atoms with van der Waals surface area (Å²) in [5.41, 5.74) is 0.969. The van der Waals surface area contributed by atoms with E-state index in [0.29, 0.717) is 0 Å². The van der Waals surface area contributed by atoms with Crippen molar-refractivity contribution in [2.75, 3.05) is 13.2 Å². The SMILES string of the molecule is C=CCNC(=O)c1cccc(S(=O)(=O)NC(Cc2ccccc2)C(=O)OCC)c1. The molecule has 0 aliphatic carbocycles. The summed E-state index contributed by atoms with van der Waals surface area (Å²) in [7, 11) is -4.07. The van der Waals surface area contributed by atoms with Gasteiger partial charge in [0, 0.05) is 12.1 Å². The Morgan fingerprint density at radius 2 is 1.86 bits per heavy atom. The average Bonchev–Trinajstić information content (AvgIpc) is 2.72.